The molecule has 1 heterocycles. The van der Waals surface area contributed by atoms with Crippen molar-refractivity contribution in [3.8, 4) is 5.75 Å². The summed E-state index contributed by atoms with van der Waals surface area (Å²) in [6.07, 6.45) is -0.543. The van der Waals surface area contributed by atoms with Crippen molar-refractivity contribution in [2.45, 2.75) is 20.0 Å². The summed E-state index contributed by atoms with van der Waals surface area (Å²) in [5.41, 5.74) is 3.03. The molecule has 3 heteroatoms. The van der Waals surface area contributed by atoms with Crippen LogP contribution in [0.4, 0.5) is 0 Å². The maximum Gasteiger partial charge on any atom is 0.124 e. The SMILES string of the molecule is COc1c(C)cc([C@H](O)c2cccs2)cc1C. The Labute approximate surface area is 105 Å². The number of rotatable bonds is 3. The van der Waals surface area contributed by atoms with Gasteiger partial charge < -0.3 is 9.84 Å². The van der Waals surface area contributed by atoms with E-state index in [9.17, 15) is 5.11 Å². The average Bonchev–Trinajstić information content (AvgIpc) is 2.81. The first-order valence-corrected chi connectivity index (χ1v) is 6.38. The van der Waals surface area contributed by atoms with Gasteiger partial charge in [-0.05, 0) is 54.1 Å². The third-order valence-corrected chi connectivity index (χ3v) is 3.74. The van der Waals surface area contributed by atoms with Crippen molar-refractivity contribution in [2.75, 3.05) is 7.11 Å². The van der Waals surface area contributed by atoms with Crippen LogP contribution >= 0.6 is 11.3 Å². The summed E-state index contributed by atoms with van der Waals surface area (Å²) in [6.45, 7) is 3.99. The molecule has 2 aromatic rings. The number of thiophene rings is 1. The standard InChI is InChI=1S/C14H16O2S/c1-9-7-11(8-10(2)14(9)16-3)13(15)12-5-4-6-17-12/h4-8,13,15H,1-3H3/t13-/m0/s1. The normalized spacial score (nSPS) is 12.5. The highest BCUT2D eigenvalue weighted by Gasteiger charge is 2.14. The maximum atomic E-state index is 10.3. The maximum absolute atomic E-state index is 10.3. The van der Waals surface area contributed by atoms with Gasteiger partial charge in [0, 0.05) is 4.88 Å². The van der Waals surface area contributed by atoms with Crippen molar-refractivity contribution in [3.05, 3.63) is 51.2 Å². The van der Waals surface area contributed by atoms with E-state index >= 15 is 0 Å². The van der Waals surface area contributed by atoms with Crippen molar-refractivity contribution in [1.29, 1.82) is 0 Å². The predicted octanol–water partition coefficient (Wildman–Crippen LogP) is 3.46. The second-order valence-corrected chi connectivity index (χ2v) is 5.09. The molecule has 0 unspecified atom stereocenters. The van der Waals surface area contributed by atoms with Crippen molar-refractivity contribution >= 4 is 11.3 Å². The minimum Gasteiger partial charge on any atom is -0.496 e. The molecule has 1 aromatic heterocycles. The molecule has 1 N–H and O–H groups in total. The summed E-state index contributed by atoms with van der Waals surface area (Å²) in [5.74, 6) is 0.895. The van der Waals surface area contributed by atoms with Crippen LogP contribution in [0, 0.1) is 13.8 Å². The van der Waals surface area contributed by atoms with Gasteiger partial charge in [0.2, 0.25) is 0 Å². The number of aliphatic hydroxyl groups is 1. The van der Waals surface area contributed by atoms with Crippen LogP contribution in [0.5, 0.6) is 5.75 Å². The second-order valence-electron chi connectivity index (χ2n) is 4.11. The van der Waals surface area contributed by atoms with Gasteiger partial charge in [0.15, 0.2) is 0 Å². The molecule has 0 spiro atoms. The molecule has 0 radical (unpaired) electrons. The smallest absolute Gasteiger partial charge is 0.124 e. The highest BCUT2D eigenvalue weighted by molar-refractivity contribution is 7.10. The topological polar surface area (TPSA) is 29.5 Å². The first-order chi connectivity index (χ1) is 8.13. The van der Waals surface area contributed by atoms with Crippen LogP contribution in [0.3, 0.4) is 0 Å². The molecular formula is C14H16O2S. The zero-order valence-corrected chi connectivity index (χ0v) is 11.0. The molecule has 0 aliphatic carbocycles. The van der Waals surface area contributed by atoms with Crippen LogP contribution in [0.2, 0.25) is 0 Å². The lowest BCUT2D eigenvalue weighted by Crippen LogP contribution is -2.00. The van der Waals surface area contributed by atoms with E-state index < -0.39 is 6.10 Å². The molecule has 0 aliphatic heterocycles. The monoisotopic (exact) mass is 248 g/mol. The largest absolute Gasteiger partial charge is 0.496 e. The second kappa shape index (κ2) is 4.90. The zero-order valence-electron chi connectivity index (χ0n) is 10.2. The first kappa shape index (κ1) is 12.1. The molecule has 1 atom stereocenters. The molecule has 2 nitrogen and oxygen atoms in total. The fourth-order valence-electron chi connectivity index (χ4n) is 2.07. The quantitative estimate of drug-likeness (QED) is 0.901. The van der Waals surface area contributed by atoms with E-state index in [1.54, 1.807) is 18.4 Å². The zero-order chi connectivity index (χ0) is 12.4. The Kier molecular flexibility index (Phi) is 3.50. The first-order valence-electron chi connectivity index (χ1n) is 5.50. The Morgan fingerprint density at radius 1 is 1.24 bits per heavy atom. The van der Waals surface area contributed by atoms with E-state index in [0.717, 1.165) is 27.3 Å². The van der Waals surface area contributed by atoms with Gasteiger partial charge in [-0.2, -0.15) is 0 Å². The summed E-state index contributed by atoms with van der Waals surface area (Å²) >= 11 is 1.57. The molecule has 2 rings (SSSR count). The van der Waals surface area contributed by atoms with Crippen LogP contribution in [-0.2, 0) is 0 Å². The van der Waals surface area contributed by atoms with Crippen LogP contribution < -0.4 is 4.74 Å². The molecule has 90 valence electrons. The van der Waals surface area contributed by atoms with Gasteiger partial charge in [0.05, 0.1) is 7.11 Å². The Bertz CT molecular complexity index is 480. The summed E-state index contributed by atoms with van der Waals surface area (Å²) in [4.78, 5) is 0.967. The Morgan fingerprint density at radius 3 is 2.35 bits per heavy atom. The van der Waals surface area contributed by atoms with E-state index in [1.807, 2.05) is 43.5 Å². The van der Waals surface area contributed by atoms with E-state index in [1.165, 1.54) is 0 Å². The fourth-order valence-corrected chi connectivity index (χ4v) is 2.81. The number of methoxy groups -OCH3 is 1. The number of hydrogen-bond donors (Lipinski definition) is 1. The van der Waals surface area contributed by atoms with E-state index in [0.29, 0.717) is 0 Å². The molecule has 0 bridgehead atoms. The van der Waals surface area contributed by atoms with Gasteiger partial charge in [0.1, 0.15) is 11.9 Å². The number of ether oxygens (including phenoxy) is 1. The minimum absolute atomic E-state index is 0.543. The summed E-state index contributed by atoms with van der Waals surface area (Å²) in [6, 6.07) is 7.86. The van der Waals surface area contributed by atoms with Crippen LogP contribution in [0.15, 0.2) is 29.6 Å². The lowest BCUT2D eigenvalue weighted by atomic mass is 10.0. The molecule has 1 aromatic carbocycles. The van der Waals surface area contributed by atoms with Crippen molar-refractivity contribution < 1.29 is 9.84 Å². The van der Waals surface area contributed by atoms with E-state index in [2.05, 4.69) is 0 Å². The molecular weight excluding hydrogens is 232 g/mol. The molecule has 0 amide bonds. The van der Waals surface area contributed by atoms with E-state index in [4.69, 9.17) is 4.74 Å². The van der Waals surface area contributed by atoms with Crippen molar-refractivity contribution in [1.82, 2.24) is 0 Å². The Morgan fingerprint density at radius 2 is 1.88 bits per heavy atom. The Hall–Kier alpha value is -1.32. The Balaban J connectivity index is 2.40. The number of hydrogen-bond acceptors (Lipinski definition) is 3. The number of aryl methyl sites for hydroxylation is 2. The van der Waals surface area contributed by atoms with Crippen LogP contribution in [0.1, 0.15) is 27.7 Å². The summed E-state index contributed by atoms with van der Waals surface area (Å²) in [7, 11) is 1.67. The van der Waals surface area contributed by atoms with E-state index in [-0.39, 0.29) is 0 Å². The summed E-state index contributed by atoms with van der Waals surface area (Å²) < 4.78 is 5.32. The van der Waals surface area contributed by atoms with Gasteiger partial charge in [0.25, 0.3) is 0 Å². The highest BCUT2D eigenvalue weighted by atomic mass is 32.1. The molecule has 0 fully saturated rings. The lowest BCUT2D eigenvalue weighted by molar-refractivity contribution is 0.224. The van der Waals surface area contributed by atoms with Crippen molar-refractivity contribution in [3.63, 3.8) is 0 Å². The molecule has 0 aliphatic rings. The summed E-state index contributed by atoms with van der Waals surface area (Å²) in [5, 5.41) is 12.2. The van der Waals surface area contributed by atoms with Gasteiger partial charge in [-0.3, -0.25) is 0 Å². The lowest BCUT2D eigenvalue weighted by Gasteiger charge is -2.14. The molecule has 0 saturated heterocycles. The predicted molar refractivity (Wildman–Crippen MR) is 70.8 cm³/mol. The minimum atomic E-state index is -0.543. The molecule has 0 saturated carbocycles. The molecule has 17 heavy (non-hydrogen) atoms. The van der Waals surface area contributed by atoms with Gasteiger partial charge in [-0.1, -0.05) is 6.07 Å². The van der Waals surface area contributed by atoms with Crippen LogP contribution in [-0.4, -0.2) is 12.2 Å². The third kappa shape index (κ3) is 2.35. The fraction of sp³-hybridized carbons (Fsp3) is 0.286. The van der Waals surface area contributed by atoms with Gasteiger partial charge >= 0.3 is 0 Å². The third-order valence-electron chi connectivity index (χ3n) is 2.82. The van der Waals surface area contributed by atoms with Crippen LogP contribution in [0.25, 0.3) is 0 Å². The number of aliphatic hydroxyl groups excluding tert-OH is 1. The number of benzene rings is 1. The average molecular weight is 248 g/mol. The van der Waals surface area contributed by atoms with Gasteiger partial charge in [-0.25, -0.2) is 0 Å². The van der Waals surface area contributed by atoms with Crippen molar-refractivity contribution in [2.24, 2.45) is 0 Å². The van der Waals surface area contributed by atoms with Gasteiger partial charge in [-0.15, -0.1) is 11.3 Å². The highest BCUT2D eigenvalue weighted by Crippen LogP contribution is 2.31.